The number of hydrogen-bond acceptors (Lipinski definition) is 2. The van der Waals surface area contributed by atoms with Gasteiger partial charge in [0.1, 0.15) is 5.75 Å². The second-order valence-electron chi connectivity index (χ2n) is 5.86. The predicted octanol–water partition coefficient (Wildman–Crippen LogP) is 3.62. The molecule has 98 valence electrons. The van der Waals surface area contributed by atoms with Gasteiger partial charge in [-0.3, -0.25) is 0 Å². The van der Waals surface area contributed by atoms with Crippen molar-refractivity contribution in [3.05, 3.63) is 35.9 Å². The first-order valence-corrected chi connectivity index (χ1v) is 6.70. The van der Waals surface area contributed by atoms with Crippen LogP contribution < -0.4 is 10.5 Å². The van der Waals surface area contributed by atoms with Crippen LogP contribution in [0.1, 0.15) is 39.2 Å². The molecule has 2 nitrogen and oxygen atoms in total. The summed E-state index contributed by atoms with van der Waals surface area (Å²) < 4.78 is 5.47. The maximum atomic E-state index is 6.11. The number of rotatable bonds is 3. The Labute approximate surface area is 110 Å². The molecule has 1 unspecified atom stereocenters. The maximum Gasteiger partial charge on any atom is 0.119 e. The quantitative estimate of drug-likeness (QED) is 0.882. The molecule has 0 saturated carbocycles. The van der Waals surface area contributed by atoms with Crippen molar-refractivity contribution in [3.63, 3.8) is 0 Å². The van der Waals surface area contributed by atoms with Crippen LogP contribution in [-0.4, -0.2) is 12.6 Å². The normalized spacial score (nSPS) is 22.4. The smallest absolute Gasteiger partial charge is 0.119 e. The van der Waals surface area contributed by atoms with E-state index >= 15 is 0 Å². The van der Waals surface area contributed by atoms with Crippen molar-refractivity contribution in [3.8, 4) is 5.75 Å². The van der Waals surface area contributed by atoms with Crippen molar-refractivity contribution in [1.82, 2.24) is 0 Å². The van der Waals surface area contributed by atoms with Crippen molar-refractivity contribution in [2.24, 2.45) is 11.1 Å². The van der Waals surface area contributed by atoms with Crippen LogP contribution in [-0.2, 0) is 0 Å². The van der Waals surface area contributed by atoms with E-state index in [1.54, 1.807) is 0 Å². The summed E-state index contributed by atoms with van der Waals surface area (Å²) in [7, 11) is 0. The zero-order valence-electron chi connectivity index (χ0n) is 11.6. The molecule has 0 spiro atoms. The summed E-state index contributed by atoms with van der Waals surface area (Å²) >= 11 is 0. The Balaban J connectivity index is 2.20. The monoisotopic (exact) mass is 245 g/mol. The van der Waals surface area contributed by atoms with Crippen LogP contribution >= 0.6 is 0 Å². The van der Waals surface area contributed by atoms with Crippen LogP contribution in [0.5, 0.6) is 5.75 Å². The largest absolute Gasteiger partial charge is 0.494 e. The Bertz CT molecular complexity index is 431. The molecule has 0 aromatic heterocycles. The predicted molar refractivity (Wildman–Crippen MR) is 76.6 cm³/mol. The molecular formula is C16H23NO. The van der Waals surface area contributed by atoms with E-state index in [0.717, 1.165) is 18.6 Å². The Morgan fingerprint density at radius 3 is 2.50 bits per heavy atom. The minimum atomic E-state index is 0.176. The standard InChI is InChI=1S/C16H23NO/c1-4-18-15-7-5-12(6-8-15)13-9-14(17)11-16(2,3)10-13/h5-9,14H,4,10-11,17H2,1-3H3. The molecule has 1 aliphatic rings. The zero-order chi connectivity index (χ0) is 13.2. The highest BCUT2D eigenvalue weighted by Gasteiger charge is 2.27. The molecule has 18 heavy (non-hydrogen) atoms. The number of nitrogens with two attached hydrogens (primary N) is 1. The van der Waals surface area contributed by atoms with E-state index in [1.165, 1.54) is 11.1 Å². The molecule has 2 heteroatoms. The maximum absolute atomic E-state index is 6.11. The molecule has 2 rings (SSSR count). The molecule has 0 amide bonds. The first-order valence-electron chi connectivity index (χ1n) is 6.70. The fourth-order valence-corrected chi connectivity index (χ4v) is 2.73. The Kier molecular flexibility index (Phi) is 3.76. The molecule has 0 bridgehead atoms. The van der Waals surface area contributed by atoms with Crippen LogP contribution in [0.3, 0.4) is 0 Å². The lowest BCUT2D eigenvalue weighted by atomic mass is 9.74. The van der Waals surface area contributed by atoms with Gasteiger partial charge in [0.25, 0.3) is 0 Å². The summed E-state index contributed by atoms with van der Waals surface area (Å²) in [6.45, 7) is 7.28. The van der Waals surface area contributed by atoms with Gasteiger partial charge in [0.05, 0.1) is 6.61 Å². The summed E-state index contributed by atoms with van der Waals surface area (Å²) in [6, 6.07) is 8.51. The van der Waals surface area contributed by atoms with E-state index in [4.69, 9.17) is 10.5 Å². The lowest BCUT2D eigenvalue weighted by Crippen LogP contribution is -2.30. The summed E-state index contributed by atoms with van der Waals surface area (Å²) in [4.78, 5) is 0. The minimum Gasteiger partial charge on any atom is -0.494 e. The van der Waals surface area contributed by atoms with Gasteiger partial charge in [0, 0.05) is 6.04 Å². The van der Waals surface area contributed by atoms with Gasteiger partial charge in [0.2, 0.25) is 0 Å². The average molecular weight is 245 g/mol. The third-order valence-corrected chi connectivity index (χ3v) is 3.41. The Morgan fingerprint density at radius 2 is 1.94 bits per heavy atom. The van der Waals surface area contributed by atoms with Crippen LogP contribution in [0.4, 0.5) is 0 Å². The first kappa shape index (κ1) is 13.2. The van der Waals surface area contributed by atoms with Gasteiger partial charge >= 0.3 is 0 Å². The summed E-state index contributed by atoms with van der Waals surface area (Å²) in [6.07, 6.45) is 4.36. The number of ether oxygens (including phenoxy) is 1. The minimum absolute atomic E-state index is 0.176. The van der Waals surface area contributed by atoms with Gasteiger partial charge in [-0.1, -0.05) is 32.1 Å². The van der Waals surface area contributed by atoms with E-state index < -0.39 is 0 Å². The fourth-order valence-electron chi connectivity index (χ4n) is 2.73. The van der Waals surface area contributed by atoms with Crippen molar-refractivity contribution in [1.29, 1.82) is 0 Å². The second kappa shape index (κ2) is 5.15. The lowest BCUT2D eigenvalue weighted by molar-refractivity contribution is 0.318. The number of hydrogen-bond donors (Lipinski definition) is 1. The van der Waals surface area contributed by atoms with E-state index in [1.807, 2.05) is 19.1 Å². The van der Waals surface area contributed by atoms with Gasteiger partial charge < -0.3 is 10.5 Å². The van der Waals surface area contributed by atoms with Gasteiger partial charge in [-0.05, 0) is 48.4 Å². The van der Waals surface area contributed by atoms with Gasteiger partial charge in [-0.2, -0.15) is 0 Å². The fraction of sp³-hybridized carbons (Fsp3) is 0.500. The van der Waals surface area contributed by atoms with E-state index in [2.05, 4.69) is 32.1 Å². The molecule has 1 aliphatic carbocycles. The third kappa shape index (κ3) is 3.14. The molecule has 0 aliphatic heterocycles. The average Bonchev–Trinajstić information content (AvgIpc) is 2.27. The highest BCUT2D eigenvalue weighted by Crippen LogP contribution is 2.39. The van der Waals surface area contributed by atoms with E-state index in [0.29, 0.717) is 12.0 Å². The molecular weight excluding hydrogens is 222 g/mol. The molecule has 1 atom stereocenters. The van der Waals surface area contributed by atoms with Crippen LogP contribution in [0, 0.1) is 5.41 Å². The summed E-state index contributed by atoms with van der Waals surface area (Å²) in [5.41, 5.74) is 9.04. The number of allylic oxidation sites excluding steroid dienone is 1. The van der Waals surface area contributed by atoms with Crippen molar-refractivity contribution >= 4 is 5.57 Å². The van der Waals surface area contributed by atoms with Crippen molar-refractivity contribution < 1.29 is 4.74 Å². The Morgan fingerprint density at radius 1 is 1.28 bits per heavy atom. The molecule has 1 aromatic rings. The highest BCUT2D eigenvalue weighted by molar-refractivity contribution is 5.68. The van der Waals surface area contributed by atoms with Gasteiger partial charge in [-0.25, -0.2) is 0 Å². The summed E-state index contributed by atoms with van der Waals surface area (Å²) in [5.74, 6) is 0.932. The van der Waals surface area contributed by atoms with Crippen LogP contribution in [0.2, 0.25) is 0 Å². The molecule has 0 radical (unpaired) electrons. The highest BCUT2D eigenvalue weighted by atomic mass is 16.5. The van der Waals surface area contributed by atoms with Crippen LogP contribution in [0.25, 0.3) is 5.57 Å². The topological polar surface area (TPSA) is 35.2 Å². The van der Waals surface area contributed by atoms with Crippen LogP contribution in [0.15, 0.2) is 30.3 Å². The number of benzene rings is 1. The molecule has 2 N–H and O–H groups in total. The van der Waals surface area contributed by atoms with Gasteiger partial charge in [0.15, 0.2) is 0 Å². The van der Waals surface area contributed by atoms with E-state index in [9.17, 15) is 0 Å². The first-order chi connectivity index (χ1) is 8.50. The van der Waals surface area contributed by atoms with E-state index in [-0.39, 0.29) is 6.04 Å². The molecule has 0 saturated heterocycles. The third-order valence-electron chi connectivity index (χ3n) is 3.41. The molecule has 1 aromatic carbocycles. The van der Waals surface area contributed by atoms with Crippen molar-refractivity contribution in [2.45, 2.75) is 39.7 Å². The lowest BCUT2D eigenvalue weighted by Gasteiger charge is -2.33. The summed E-state index contributed by atoms with van der Waals surface area (Å²) in [5, 5.41) is 0. The zero-order valence-corrected chi connectivity index (χ0v) is 11.6. The SMILES string of the molecule is CCOc1ccc(C2=CC(N)CC(C)(C)C2)cc1. The molecule has 0 heterocycles. The molecule has 0 fully saturated rings. The van der Waals surface area contributed by atoms with Crippen molar-refractivity contribution in [2.75, 3.05) is 6.61 Å². The Hall–Kier alpha value is -1.28. The van der Waals surface area contributed by atoms with Gasteiger partial charge in [-0.15, -0.1) is 0 Å². The second-order valence-corrected chi connectivity index (χ2v) is 5.86.